The smallest absolute Gasteiger partial charge is 0.0416 e. The molecule has 0 saturated heterocycles. The van der Waals surface area contributed by atoms with Crippen LogP contribution in [-0.4, -0.2) is 5.71 Å². The molecule has 1 aromatic carbocycles. The lowest BCUT2D eigenvalue weighted by Crippen LogP contribution is -2.04. The molecule has 2 heteroatoms. The highest BCUT2D eigenvalue weighted by Gasteiger charge is 2.11. The molecule has 2 rings (SSSR count). The molecule has 0 radical (unpaired) electrons. The average molecular weight is 172 g/mol. The van der Waals surface area contributed by atoms with Gasteiger partial charge in [-0.05, 0) is 24.5 Å². The van der Waals surface area contributed by atoms with Crippen molar-refractivity contribution in [2.24, 2.45) is 0 Å². The zero-order valence-corrected chi connectivity index (χ0v) is 7.38. The second-order valence-electron chi connectivity index (χ2n) is 3.23. The highest BCUT2D eigenvalue weighted by molar-refractivity contribution is 6.06. The van der Waals surface area contributed by atoms with Gasteiger partial charge in [-0.15, -0.1) is 0 Å². The van der Waals surface area contributed by atoms with Crippen LogP contribution in [0.3, 0.4) is 0 Å². The van der Waals surface area contributed by atoms with Gasteiger partial charge in [-0.1, -0.05) is 24.3 Å². The van der Waals surface area contributed by atoms with Crippen molar-refractivity contribution in [3.8, 4) is 0 Å². The molecular formula is C11H12N2. The minimum Gasteiger partial charge on any atom is -0.398 e. The van der Waals surface area contributed by atoms with Crippen LogP contribution >= 0.6 is 0 Å². The fourth-order valence-electron chi connectivity index (χ4n) is 1.64. The number of allylic oxidation sites excluding steroid dienone is 1. The van der Waals surface area contributed by atoms with E-state index in [-0.39, 0.29) is 0 Å². The van der Waals surface area contributed by atoms with E-state index < -0.39 is 0 Å². The summed E-state index contributed by atoms with van der Waals surface area (Å²) in [4.78, 5) is 0. The van der Waals surface area contributed by atoms with Gasteiger partial charge in [-0.2, -0.15) is 0 Å². The minimum absolute atomic E-state index is 0.651. The van der Waals surface area contributed by atoms with Crippen LogP contribution < -0.4 is 5.73 Å². The Hall–Kier alpha value is -1.57. The summed E-state index contributed by atoms with van der Waals surface area (Å²) >= 11 is 0. The SMILES string of the molecule is N=C1CCC=Cc2cccc(N)c21. The molecule has 3 N–H and O–H groups in total. The number of nitrogens with two attached hydrogens (primary N) is 1. The molecule has 0 unspecified atom stereocenters. The average Bonchev–Trinajstić information content (AvgIpc) is 2.29. The first-order chi connectivity index (χ1) is 6.29. The Morgan fingerprint density at radius 2 is 2.15 bits per heavy atom. The number of nitrogen functional groups attached to an aromatic ring is 1. The number of hydrogen-bond donors (Lipinski definition) is 2. The van der Waals surface area contributed by atoms with Crippen LogP contribution in [0.2, 0.25) is 0 Å². The lowest BCUT2D eigenvalue weighted by Gasteiger charge is -2.07. The first kappa shape index (κ1) is 8.05. The molecule has 0 atom stereocenters. The Bertz CT molecular complexity index is 378. The molecule has 0 heterocycles. The summed E-state index contributed by atoms with van der Waals surface area (Å²) in [6, 6.07) is 5.78. The Kier molecular flexibility index (Phi) is 1.89. The molecule has 1 aromatic rings. The van der Waals surface area contributed by atoms with Crippen molar-refractivity contribution in [2.75, 3.05) is 5.73 Å². The predicted molar refractivity (Wildman–Crippen MR) is 56.0 cm³/mol. The minimum atomic E-state index is 0.651. The number of benzene rings is 1. The molecule has 0 bridgehead atoms. The van der Waals surface area contributed by atoms with Crippen molar-refractivity contribution >= 4 is 17.5 Å². The van der Waals surface area contributed by atoms with Crippen molar-refractivity contribution in [3.05, 3.63) is 35.4 Å². The zero-order valence-electron chi connectivity index (χ0n) is 7.38. The maximum absolute atomic E-state index is 7.83. The van der Waals surface area contributed by atoms with E-state index in [0.717, 1.165) is 24.0 Å². The molecular weight excluding hydrogens is 160 g/mol. The van der Waals surface area contributed by atoms with Crippen LogP contribution in [0.25, 0.3) is 6.08 Å². The molecule has 0 aromatic heterocycles. The van der Waals surface area contributed by atoms with Crippen LogP contribution in [0, 0.1) is 5.41 Å². The van der Waals surface area contributed by atoms with Gasteiger partial charge in [0, 0.05) is 17.0 Å². The third-order valence-corrected chi connectivity index (χ3v) is 2.29. The summed E-state index contributed by atoms with van der Waals surface area (Å²) in [6.45, 7) is 0. The molecule has 2 nitrogen and oxygen atoms in total. The van der Waals surface area contributed by atoms with Crippen LogP contribution in [0.5, 0.6) is 0 Å². The zero-order chi connectivity index (χ0) is 9.26. The monoisotopic (exact) mass is 172 g/mol. The van der Waals surface area contributed by atoms with Gasteiger partial charge in [0.25, 0.3) is 0 Å². The topological polar surface area (TPSA) is 49.9 Å². The number of nitrogens with one attached hydrogen (secondary N) is 1. The van der Waals surface area contributed by atoms with E-state index in [1.807, 2.05) is 24.3 Å². The molecule has 0 fully saturated rings. The molecule has 0 aliphatic heterocycles. The Morgan fingerprint density at radius 1 is 1.31 bits per heavy atom. The van der Waals surface area contributed by atoms with Crippen molar-refractivity contribution in [3.63, 3.8) is 0 Å². The number of fused-ring (bicyclic) bond motifs is 1. The van der Waals surface area contributed by atoms with Crippen LogP contribution in [0.1, 0.15) is 24.0 Å². The van der Waals surface area contributed by atoms with Crippen LogP contribution in [0.4, 0.5) is 5.69 Å². The summed E-state index contributed by atoms with van der Waals surface area (Å²) < 4.78 is 0. The van der Waals surface area contributed by atoms with Crippen LogP contribution in [-0.2, 0) is 0 Å². The molecule has 66 valence electrons. The van der Waals surface area contributed by atoms with E-state index in [1.54, 1.807) is 0 Å². The quantitative estimate of drug-likeness (QED) is 0.580. The van der Waals surface area contributed by atoms with E-state index in [9.17, 15) is 0 Å². The van der Waals surface area contributed by atoms with Gasteiger partial charge in [0.1, 0.15) is 0 Å². The van der Waals surface area contributed by atoms with Crippen molar-refractivity contribution < 1.29 is 0 Å². The lowest BCUT2D eigenvalue weighted by molar-refractivity contribution is 1.09. The highest BCUT2D eigenvalue weighted by Crippen LogP contribution is 2.23. The Balaban J connectivity index is 2.64. The maximum atomic E-state index is 7.83. The number of hydrogen-bond acceptors (Lipinski definition) is 2. The Labute approximate surface area is 77.6 Å². The first-order valence-electron chi connectivity index (χ1n) is 4.42. The third kappa shape index (κ3) is 1.35. The molecule has 1 aliphatic rings. The number of rotatable bonds is 0. The van der Waals surface area contributed by atoms with Gasteiger partial charge in [-0.3, -0.25) is 0 Å². The summed E-state index contributed by atoms with van der Waals surface area (Å²) in [5, 5.41) is 7.83. The Morgan fingerprint density at radius 3 is 3.00 bits per heavy atom. The summed E-state index contributed by atoms with van der Waals surface area (Å²) in [5.74, 6) is 0. The summed E-state index contributed by atoms with van der Waals surface area (Å²) in [5.41, 5.74) is 9.18. The fraction of sp³-hybridized carbons (Fsp3) is 0.182. The van der Waals surface area contributed by atoms with E-state index >= 15 is 0 Å². The van der Waals surface area contributed by atoms with E-state index in [1.165, 1.54) is 0 Å². The molecule has 0 spiro atoms. The van der Waals surface area contributed by atoms with Crippen molar-refractivity contribution in [2.45, 2.75) is 12.8 Å². The highest BCUT2D eigenvalue weighted by atomic mass is 14.6. The van der Waals surface area contributed by atoms with Gasteiger partial charge in [-0.25, -0.2) is 0 Å². The van der Waals surface area contributed by atoms with Gasteiger partial charge in [0.2, 0.25) is 0 Å². The normalized spacial score (nSPS) is 15.2. The molecule has 1 aliphatic carbocycles. The van der Waals surface area contributed by atoms with E-state index in [4.69, 9.17) is 11.1 Å². The lowest BCUT2D eigenvalue weighted by atomic mass is 10.0. The van der Waals surface area contributed by atoms with E-state index in [0.29, 0.717) is 11.4 Å². The van der Waals surface area contributed by atoms with Gasteiger partial charge in [0.15, 0.2) is 0 Å². The second-order valence-corrected chi connectivity index (χ2v) is 3.23. The molecule has 0 saturated carbocycles. The van der Waals surface area contributed by atoms with Gasteiger partial charge < -0.3 is 11.1 Å². The summed E-state index contributed by atoms with van der Waals surface area (Å²) in [7, 11) is 0. The van der Waals surface area contributed by atoms with Crippen molar-refractivity contribution in [1.82, 2.24) is 0 Å². The first-order valence-corrected chi connectivity index (χ1v) is 4.42. The summed E-state index contributed by atoms with van der Waals surface area (Å²) in [6.07, 6.45) is 5.87. The van der Waals surface area contributed by atoms with E-state index in [2.05, 4.69) is 6.08 Å². The second kappa shape index (κ2) is 3.05. The fourth-order valence-corrected chi connectivity index (χ4v) is 1.64. The largest absolute Gasteiger partial charge is 0.398 e. The van der Waals surface area contributed by atoms with Crippen LogP contribution in [0.15, 0.2) is 24.3 Å². The van der Waals surface area contributed by atoms with Gasteiger partial charge >= 0.3 is 0 Å². The third-order valence-electron chi connectivity index (χ3n) is 2.29. The van der Waals surface area contributed by atoms with Crippen molar-refractivity contribution in [1.29, 1.82) is 5.41 Å². The molecule has 13 heavy (non-hydrogen) atoms. The van der Waals surface area contributed by atoms with Gasteiger partial charge in [0.05, 0.1) is 0 Å². The number of anilines is 1. The molecule has 0 amide bonds. The maximum Gasteiger partial charge on any atom is 0.0416 e. The predicted octanol–water partition coefficient (Wildman–Crippen LogP) is 2.44. The standard InChI is InChI=1S/C11H12N2/c12-9-6-2-1-4-8-5-3-7-10(13)11(8)9/h1,3-5,7,12H,2,6,13H2.